The summed E-state index contributed by atoms with van der Waals surface area (Å²) in [5, 5.41) is 5.54. The molecular formula is C12H21NO4S. The molecule has 0 bridgehead atoms. The smallest absolute Gasteiger partial charge is 0.218 e. The normalized spacial score (nSPS) is 48.6. The van der Waals surface area contributed by atoms with E-state index in [9.17, 15) is 8.42 Å². The molecule has 4 unspecified atom stereocenters. The SMILES string of the molecule is CC1(C2CCCO2)CC1(C1CCCO1)S(N)(=O)=O. The van der Waals surface area contributed by atoms with Gasteiger partial charge in [-0.05, 0) is 32.1 Å². The van der Waals surface area contributed by atoms with Crippen LogP contribution in [0.5, 0.6) is 0 Å². The van der Waals surface area contributed by atoms with Gasteiger partial charge in [-0.1, -0.05) is 6.92 Å². The van der Waals surface area contributed by atoms with Gasteiger partial charge in [0.2, 0.25) is 10.0 Å². The number of nitrogens with two attached hydrogens (primary N) is 1. The molecule has 5 nitrogen and oxygen atoms in total. The Morgan fingerprint density at radius 2 is 1.67 bits per heavy atom. The standard InChI is InChI=1S/C12H21NO4S/c1-11(9-4-2-6-16-9)8-12(11,18(13,14)15)10-5-3-7-17-10/h9-10H,2-8H2,1H3,(H2,13,14,15). The Morgan fingerprint density at radius 1 is 1.11 bits per heavy atom. The van der Waals surface area contributed by atoms with Crippen molar-refractivity contribution in [3.05, 3.63) is 0 Å². The Hall–Kier alpha value is -0.170. The number of hydrogen-bond acceptors (Lipinski definition) is 4. The van der Waals surface area contributed by atoms with E-state index in [4.69, 9.17) is 14.6 Å². The second kappa shape index (κ2) is 3.91. The minimum atomic E-state index is -3.62. The van der Waals surface area contributed by atoms with Crippen LogP contribution in [-0.4, -0.2) is 38.6 Å². The first-order chi connectivity index (χ1) is 8.42. The topological polar surface area (TPSA) is 78.6 Å². The first-order valence-electron chi connectivity index (χ1n) is 6.67. The summed E-state index contributed by atoms with van der Waals surface area (Å²) in [4.78, 5) is 0. The van der Waals surface area contributed by atoms with E-state index in [0.29, 0.717) is 13.0 Å². The fourth-order valence-electron chi connectivity index (χ4n) is 4.00. The van der Waals surface area contributed by atoms with Crippen LogP contribution in [0, 0.1) is 5.41 Å². The predicted molar refractivity (Wildman–Crippen MR) is 66.5 cm³/mol. The molecule has 0 radical (unpaired) electrons. The number of primary sulfonamides is 1. The van der Waals surface area contributed by atoms with Crippen LogP contribution < -0.4 is 5.14 Å². The molecule has 4 atom stereocenters. The van der Waals surface area contributed by atoms with E-state index in [1.54, 1.807) is 0 Å². The molecule has 2 N–H and O–H groups in total. The third-order valence-corrected chi connectivity index (χ3v) is 6.96. The van der Waals surface area contributed by atoms with Gasteiger partial charge in [0.25, 0.3) is 0 Å². The third-order valence-electron chi connectivity index (χ3n) is 5.07. The number of hydrogen-bond donors (Lipinski definition) is 1. The van der Waals surface area contributed by atoms with Gasteiger partial charge in [0.05, 0.1) is 12.2 Å². The highest BCUT2D eigenvalue weighted by Gasteiger charge is 2.78. The van der Waals surface area contributed by atoms with Crippen molar-refractivity contribution in [2.24, 2.45) is 10.6 Å². The molecule has 0 spiro atoms. The second-order valence-corrected chi connectivity index (χ2v) is 7.85. The molecule has 3 rings (SSSR count). The van der Waals surface area contributed by atoms with Crippen molar-refractivity contribution in [2.75, 3.05) is 13.2 Å². The molecule has 2 heterocycles. The predicted octanol–water partition coefficient (Wildman–Crippen LogP) is 0.782. The molecule has 1 saturated carbocycles. The van der Waals surface area contributed by atoms with Crippen molar-refractivity contribution in [3.63, 3.8) is 0 Å². The highest BCUT2D eigenvalue weighted by Crippen LogP contribution is 2.67. The second-order valence-electron chi connectivity index (χ2n) is 6.03. The lowest BCUT2D eigenvalue weighted by Gasteiger charge is -2.29. The highest BCUT2D eigenvalue weighted by molar-refractivity contribution is 7.91. The number of rotatable bonds is 3. The van der Waals surface area contributed by atoms with Gasteiger partial charge in [0.1, 0.15) is 4.75 Å². The summed E-state index contributed by atoms with van der Waals surface area (Å²) >= 11 is 0. The van der Waals surface area contributed by atoms with Gasteiger partial charge in [-0.15, -0.1) is 0 Å². The van der Waals surface area contributed by atoms with Crippen LogP contribution in [0.2, 0.25) is 0 Å². The average Bonchev–Trinajstić information content (AvgIpc) is 2.83. The van der Waals surface area contributed by atoms with Crippen LogP contribution in [0.3, 0.4) is 0 Å². The maximum absolute atomic E-state index is 12.1. The zero-order valence-corrected chi connectivity index (χ0v) is 11.5. The number of sulfonamides is 1. The van der Waals surface area contributed by atoms with Crippen LogP contribution in [0.15, 0.2) is 0 Å². The lowest BCUT2D eigenvalue weighted by molar-refractivity contribution is 0.0312. The molecule has 104 valence electrons. The van der Waals surface area contributed by atoms with E-state index in [0.717, 1.165) is 32.3 Å². The zero-order chi connectivity index (χ0) is 13.0. The Kier molecular flexibility index (Phi) is 2.79. The van der Waals surface area contributed by atoms with E-state index in [1.807, 2.05) is 6.92 Å². The maximum atomic E-state index is 12.1. The van der Waals surface area contributed by atoms with Gasteiger partial charge in [-0.25, -0.2) is 13.6 Å². The van der Waals surface area contributed by atoms with Crippen LogP contribution in [0.4, 0.5) is 0 Å². The van der Waals surface area contributed by atoms with E-state index < -0.39 is 14.8 Å². The minimum absolute atomic E-state index is 0.0139. The Bertz CT molecular complexity index is 439. The van der Waals surface area contributed by atoms with Crippen molar-refractivity contribution < 1.29 is 17.9 Å². The van der Waals surface area contributed by atoms with Gasteiger partial charge in [-0.3, -0.25) is 0 Å². The van der Waals surface area contributed by atoms with Gasteiger partial charge in [0.15, 0.2) is 0 Å². The first-order valence-corrected chi connectivity index (χ1v) is 8.22. The van der Waals surface area contributed by atoms with Crippen molar-refractivity contribution in [1.82, 2.24) is 0 Å². The average molecular weight is 275 g/mol. The molecule has 2 saturated heterocycles. The van der Waals surface area contributed by atoms with Crippen molar-refractivity contribution >= 4 is 10.0 Å². The first kappa shape index (κ1) is 12.8. The lowest BCUT2D eigenvalue weighted by Crippen LogP contribution is -2.47. The highest BCUT2D eigenvalue weighted by atomic mass is 32.2. The summed E-state index contributed by atoms with van der Waals surface area (Å²) in [6.45, 7) is 3.37. The Morgan fingerprint density at radius 3 is 2.11 bits per heavy atom. The van der Waals surface area contributed by atoms with Gasteiger partial charge in [-0.2, -0.15) is 0 Å². The molecule has 18 heavy (non-hydrogen) atoms. The molecular weight excluding hydrogens is 254 g/mol. The minimum Gasteiger partial charge on any atom is -0.378 e. The van der Waals surface area contributed by atoms with Gasteiger partial charge >= 0.3 is 0 Å². The van der Waals surface area contributed by atoms with Crippen molar-refractivity contribution in [2.45, 2.75) is 56.0 Å². The quantitative estimate of drug-likeness (QED) is 0.825. The number of ether oxygens (including phenoxy) is 2. The van der Waals surface area contributed by atoms with Crippen LogP contribution in [0.25, 0.3) is 0 Å². The summed E-state index contributed by atoms with van der Waals surface area (Å²) in [6, 6.07) is 0. The van der Waals surface area contributed by atoms with E-state index in [2.05, 4.69) is 0 Å². The van der Waals surface area contributed by atoms with Gasteiger partial charge < -0.3 is 9.47 Å². The van der Waals surface area contributed by atoms with Crippen molar-refractivity contribution in [3.8, 4) is 0 Å². The van der Waals surface area contributed by atoms with E-state index >= 15 is 0 Å². The summed E-state index contributed by atoms with van der Waals surface area (Å²) in [5.41, 5.74) is -0.369. The van der Waals surface area contributed by atoms with Crippen molar-refractivity contribution in [1.29, 1.82) is 0 Å². The fourth-order valence-corrected chi connectivity index (χ4v) is 5.84. The van der Waals surface area contributed by atoms with E-state index in [1.165, 1.54) is 0 Å². The largest absolute Gasteiger partial charge is 0.378 e. The summed E-state index contributed by atoms with van der Waals surface area (Å²) in [6.07, 6.45) is 3.99. The molecule has 3 fully saturated rings. The maximum Gasteiger partial charge on any atom is 0.218 e. The summed E-state index contributed by atoms with van der Waals surface area (Å²) < 4.78 is 34.7. The molecule has 0 aromatic heterocycles. The fraction of sp³-hybridized carbons (Fsp3) is 1.00. The third kappa shape index (κ3) is 1.52. The Balaban J connectivity index is 1.94. The molecule has 6 heteroatoms. The summed E-state index contributed by atoms with van der Waals surface area (Å²) in [5.74, 6) is 0. The van der Waals surface area contributed by atoms with Crippen LogP contribution in [0.1, 0.15) is 39.0 Å². The van der Waals surface area contributed by atoms with Crippen LogP contribution >= 0.6 is 0 Å². The molecule has 2 aliphatic heterocycles. The lowest BCUT2D eigenvalue weighted by atomic mass is 9.93. The van der Waals surface area contributed by atoms with Gasteiger partial charge in [0, 0.05) is 18.6 Å². The molecule has 0 aromatic carbocycles. The van der Waals surface area contributed by atoms with Crippen LogP contribution in [-0.2, 0) is 19.5 Å². The monoisotopic (exact) mass is 275 g/mol. The molecule has 0 amide bonds. The van der Waals surface area contributed by atoms with E-state index in [-0.39, 0.29) is 17.6 Å². The molecule has 3 aliphatic rings. The molecule has 1 aliphatic carbocycles. The zero-order valence-electron chi connectivity index (χ0n) is 10.7. The molecule has 0 aromatic rings. The Labute approximate surface area is 108 Å². The summed E-state index contributed by atoms with van der Waals surface area (Å²) in [7, 11) is -3.62.